The van der Waals surface area contributed by atoms with E-state index in [0.717, 1.165) is 103 Å². The van der Waals surface area contributed by atoms with Gasteiger partial charge >= 0.3 is 0 Å². The summed E-state index contributed by atoms with van der Waals surface area (Å²) in [5, 5.41) is 22.8. The van der Waals surface area contributed by atoms with E-state index < -0.39 is 12.1 Å². The molecule has 4 nitrogen and oxygen atoms in total. The SMILES string of the molecule is CC/C=C\C/C=C\C/C=C\C/C=C\C/C=C\C/C=C\C/C=C\CCCCCCCCCC(=O)NC(CO)C(O)/C=C/CC/C=C/CC/C=C/CC. The van der Waals surface area contributed by atoms with Crippen molar-refractivity contribution in [2.45, 2.75) is 161 Å². The first-order valence-corrected chi connectivity index (χ1v) is 20.2. The van der Waals surface area contributed by atoms with Crippen LogP contribution in [0.2, 0.25) is 0 Å². The molecule has 0 fully saturated rings. The number of unbranched alkanes of at least 4 members (excludes halogenated alkanes) is 9. The molecule has 0 saturated carbocycles. The minimum atomic E-state index is -0.881. The van der Waals surface area contributed by atoms with Crippen molar-refractivity contribution >= 4 is 5.91 Å². The first kappa shape index (κ1) is 47.8. The highest BCUT2D eigenvalue weighted by atomic mass is 16.3. The molecule has 0 aromatic rings. The number of aliphatic hydroxyl groups is 2. The van der Waals surface area contributed by atoms with E-state index in [1.807, 2.05) is 6.08 Å². The Morgan fingerprint density at radius 3 is 1.29 bits per heavy atom. The number of aliphatic hydroxyl groups excluding tert-OH is 2. The summed E-state index contributed by atoms with van der Waals surface area (Å²) in [6, 6.07) is -0.658. The van der Waals surface area contributed by atoms with Crippen molar-refractivity contribution in [1.29, 1.82) is 0 Å². The second kappa shape index (κ2) is 41.2. The Bertz CT molecular complexity index is 1070. The lowest BCUT2D eigenvalue weighted by atomic mass is 10.1. The standard InChI is InChI=1S/C47H75NO3/c1-3-5-7-9-11-13-15-16-17-18-19-20-21-22-23-24-25-26-27-28-29-30-31-32-33-35-37-39-41-43-47(51)48-45(44-49)46(50)42-40-38-36-34-14-12-10-8-6-4-2/h5-8,11,13-14,16-17,19-20,22-23,25-26,28-29,34,40,42,45-46,49-50H,3-4,9-10,12,15,18,21,24,27,30-33,35-39,41,43-44H2,1-2H3,(H,48,51)/b7-5-,8-6+,13-11-,17-16-,20-19-,23-22-,26-25-,29-28-,34-14+,42-40+. The summed E-state index contributed by atoms with van der Waals surface area (Å²) in [7, 11) is 0. The molecule has 0 spiro atoms. The molecule has 1 amide bonds. The summed E-state index contributed by atoms with van der Waals surface area (Å²) < 4.78 is 0. The van der Waals surface area contributed by atoms with Crippen LogP contribution < -0.4 is 5.32 Å². The monoisotopic (exact) mass is 702 g/mol. The Balaban J connectivity index is 3.70. The van der Waals surface area contributed by atoms with Gasteiger partial charge in [-0.2, -0.15) is 0 Å². The Morgan fingerprint density at radius 1 is 0.471 bits per heavy atom. The van der Waals surface area contributed by atoms with Crippen LogP contribution in [0.5, 0.6) is 0 Å². The van der Waals surface area contributed by atoms with Gasteiger partial charge in [0.15, 0.2) is 0 Å². The number of hydrogen-bond donors (Lipinski definition) is 3. The maximum absolute atomic E-state index is 12.3. The van der Waals surface area contributed by atoms with Gasteiger partial charge in [0.25, 0.3) is 0 Å². The summed E-state index contributed by atoms with van der Waals surface area (Å²) in [5.41, 5.74) is 0. The molecule has 0 aliphatic rings. The van der Waals surface area contributed by atoms with E-state index in [1.54, 1.807) is 6.08 Å². The minimum absolute atomic E-state index is 0.0997. The van der Waals surface area contributed by atoms with Crippen LogP contribution >= 0.6 is 0 Å². The van der Waals surface area contributed by atoms with Crippen LogP contribution in [0.1, 0.15) is 149 Å². The van der Waals surface area contributed by atoms with Gasteiger partial charge < -0.3 is 15.5 Å². The van der Waals surface area contributed by atoms with Crippen LogP contribution in [0.15, 0.2) is 122 Å². The van der Waals surface area contributed by atoms with Crippen LogP contribution in [-0.4, -0.2) is 34.9 Å². The van der Waals surface area contributed by atoms with Crippen LogP contribution in [0.25, 0.3) is 0 Å². The van der Waals surface area contributed by atoms with E-state index in [2.05, 4.69) is 129 Å². The molecule has 0 saturated heterocycles. The van der Waals surface area contributed by atoms with Gasteiger partial charge in [-0.3, -0.25) is 4.79 Å². The normalized spacial score (nSPS) is 14.4. The highest BCUT2D eigenvalue weighted by Gasteiger charge is 2.17. The molecule has 3 N–H and O–H groups in total. The molecule has 0 aromatic carbocycles. The number of carbonyl (C=O) groups is 1. The first-order chi connectivity index (χ1) is 25.2. The molecule has 4 heteroatoms. The smallest absolute Gasteiger partial charge is 0.220 e. The molecular weight excluding hydrogens is 627 g/mol. The van der Waals surface area contributed by atoms with Gasteiger partial charge in [0.1, 0.15) is 0 Å². The highest BCUT2D eigenvalue weighted by Crippen LogP contribution is 2.11. The maximum Gasteiger partial charge on any atom is 0.220 e. The maximum atomic E-state index is 12.3. The van der Waals surface area contributed by atoms with Crippen molar-refractivity contribution in [3.05, 3.63) is 122 Å². The van der Waals surface area contributed by atoms with E-state index in [9.17, 15) is 15.0 Å². The molecule has 286 valence electrons. The van der Waals surface area contributed by atoms with Crippen LogP contribution in [0.4, 0.5) is 0 Å². The van der Waals surface area contributed by atoms with Crippen molar-refractivity contribution in [3.8, 4) is 0 Å². The van der Waals surface area contributed by atoms with Crippen molar-refractivity contribution in [2.24, 2.45) is 0 Å². The van der Waals surface area contributed by atoms with Gasteiger partial charge in [0.05, 0.1) is 18.8 Å². The van der Waals surface area contributed by atoms with Gasteiger partial charge in [0.2, 0.25) is 5.91 Å². The third kappa shape index (κ3) is 37.9. The molecule has 0 heterocycles. The Kier molecular flexibility index (Phi) is 38.6. The molecule has 0 rings (SSSR count). The molecule has 2 atom stereocenters. The molecule has 51 heavy (non-hydrogen) atoms. The summed E-state index contributed by atoms with van der Waals surface area (Å²) >= 11 is 0. The predicted molar refractivity (Wildman–Crippen MR) is 225 cm³/mol. The quantitative estimate of drug-likeness (QED) is 0.0462. The molecule has 0 aliphatic carbocycles. The Labute approximate surface area is 314 Å². The van der Waals surface area contributed by atoms with Gasteiger partial charge in [-0.25, -0.2) is 0 Å². The predicted octanol–water partition coefficient (Wildman–Crippen LogP) is 12.6. The molecule has 0 aromatic heterocycles. The highest BCUT2D eigenvalue weighted by molar-refractivity contribution is 5.76. The average molecular weight is 702 g/mol. The summed E-state index contributed by atoms with van der Waals surface area (Å²) in [5.74, 6) is -0.0997. The summed E-state index contributed by atoms with van der Waals surface area (Å²) in [6.07, 6.45) is 64.4. The van der Waals surface area contributed by atoms with E-state index in [0.29, 0.717) is 6.42 Å². The van der Waals surface area contributed by atoms with Gasteiger partial charge in [-0.05, 0) is 96.3 Å². The van der Waals surface area contributed by atoms with Crippen molar-refractivity contribution < 1.29 is 15.0 Å². The lowest BCUT2D eigenvalue weighted by Gasteiger charge is -2.19. The zero-order chi connectivity index (χ0) is 37.1. The number of amides is 1. The first-order valence-electron chi connectivity index (χ1n) is 20.2. The van der Waals surface area contributed by atoms with E-state index >= 15 is 0 Å². The van der Waals surface area contributed by atoms with Crippen molar-refractivity contribution in [2.75, 3.05) is 6.61 Å². The summed E-state index contributed by atoms with van der Waals surface area (Å²) in [6.45, 7) is 4.02. The van der Waals surface area contributed by atoms with E-state index in [4.69, 9.17) is 0 Å². The zero-order valence-electron chi connectivity index (χ0n) is 32.6. The largest absolute Gasteiger partial charge is 0.394 e. The van der Waals surface area contributed by atoms with Crippen LogP contribution in [-0.2, 0) is 4.79 Å². The molecule has 2 unspecified atom stereocenters. The fourth-order valence-corrected chi connectivity index (χ4v) is 5.14. The lowest BCUT2D eigenvalue weighted by molar-refractivity contribution is -0.123. The van der Waals surface area contributed by atoms with Gasteiger partial charge in [-0.15, -0.1) is 0 Å². The number of rotatable bonds is 34. The van der Waals surface area contributed by atoms with Gasteiger partial charge in [0, 0.05) is 6.42 Å². The fraction of sp³-hybridized carbons (Fsp3) is 0.553. The minimum Gasteiger partial charge on any atom is -0.394 e. The van der Waals surface area contributed by atoms with E-state index in [1.165, 1.54) is 25.7 Å². The Morgan fingerprint density at radius 2 is 0.824 bits per heavy atom. The van der Waals surface area contributed by atoms with Crippen molar-refractivity contribution in [3.63, 3.8) is 0 Å². The second-order valence-electron chi connectivity index (χ2n) is 12.9. The third-order valence-corrected chi connectivity index (χ3v) is 8.17. The van der Waals surface area contributed by atoms with Crippen molar-refractivity contribution in [1.82, 2.24) is 5.32 Å². The van der Waals surface area contributed by atoms with E-state index in [-0.39, 0.29) is 12.5 Å². The zero-order valence-corrected chi connectivity index (χ0v) is 32.6. The average Bonchev–Trinajstić information content (AvgIpc) is 3.13. The molecule has 0 bridgehead atoms. The van der Waals surface area contributed by atoms with Crippen LogP contribution in [0, 0.1) is 0 Å². The molecule has 0 aliphatic heterocycles. The number of nitrogens with one attached hydrogen (secondary N) is 1. The van der Waals surface area contributed by atoms with Crippen LogP contribution in [0.3, 0.4) is 0 Å². The number of hydrogen-bond acceptors (Lipinski definition) is 3. The fourth-order valence-electron chi connectivity index (χ4n) is 5.14. The topological polar surface area (TPSA) is 69.6 Å². The number of allylic oxidation sites excluding steroid dienone is 19. The number of carbonyl (C=O) groups excluding carboxylic acids is 1. The molecule has 0 radical (unpaired) electrons. The second-order valence-corrected chi connectivity index (χ2v) is 12.9. The lowest BCUT2D eigenvalue weighted by Crippen LogP contribution is -2.45. The third-order valence-electron chi connectivity index (χ3n) is 8.17. The Hall–Kier alpha value is -3.21. The molecular formula is C47H75NO3. The summed E-state index contributed by atoms with van der Waals surface area (Å²) in [4.78, 5) is 12.3. The van der Waals surface area contributed by atoms with Gasteiger partial charge in [-0.1, -0.05) is 167 Å².